The van der Waals surface area contributed by atoms with Gasteiger partial charge in [-0.05, 0) is 24.1 Å². The molecule has 1 fully saturated rings. The second-order valence-corrected chi connectivity index (χ2v) is 4.04. The molecular formula is C12H16N2O2. The average Bonchev–Trinajstić information content (AvgIpc) is 2.76. The number of pyridine rings is 1. The fourth-order valence-corrected chi connectivity index (χ4v) is 1.84. The second kappa shape index (κ2) is 5.07. The van der Waals surface area contributed by atoms with Gasteiger partial charge in [-0.1, -0.05) is 0 Å². The average molecular weight is 220 g/mol. The molecule has 0 aromatic carbocycles. The number of nitrogens with zero attached hydrogens (tertiary/aromatic N) is 2. The zero-order valence-electron chi connectivity index (χ0n) is 9.43. The van der Waals surface area contributed by atoms with Gasteiger partial charge in [0.15, 0.2) is 0 Å². The highest BCUT2D eigenvalue weighted by atomic mass is 16.5. The number of hydrogen-bond acceptors (Lipinski definition) is 3. The number of aromatic nitrogens is 1. The van der Waals surface area contributed by atoms with Crippen LogP contribution in [-0.2, 0) is 16.1 Å². The molecule has 0 radical (unpaired) electrons. The van der Waals surface area contributed by atoms with E-state index in [0.717, 1.165) is 25.1 Å². The Labute approximate surface area is 95.2 Å². The molecule has 1 aliphatic heterocycles. The number of rotatable bonds is 3. The molecule has 0 N–H and O–H groups in total. The van der Waals surface area contributed by atoms with E-state index < -0.39 is 0 Å². The summed E-state index contributed by atoms with van der Waals surface area (Å²) in [5.41, 5.74) is 1.12. The topological polar surface area (TPSA) is 42.4 Å². The molecule has 1 amide bonds. The lowest BCUT2D eigenvalue weighted by Gasteiger charge is -2.14. The van der Waals surface area contributed by atoms with Crippen LogP contribution in [0.25, 0.3) is 0 Å². The molecule has 2 heterocycles. The number of carbonyl (C=O) groups excluding carboxylic acids is 1. The van der Waals surface area contributed by atoms with Crippen LogP contribution in [0.4, 0.5) is 0 Å². The quantitative estimate of drug-likeness (QED) is 0.769. The Morgan fingerprint density at radius 3 is 2.94 bits per heavy atom. The van der Waals surface area contributed by atoms with Crippen molar-refractivity contribution in [2.75, 3.05) is 13.1 Å². The molecule has 0 spiro atoms. The van der Waals surface area contributed by atoms with Crippen molar-refractivity contribution in [1.82, 2.24) is 9.88 Å². The summed E-state index contributed by atoms with van der Waals surface area (Å²) in [5.74, 6) is 0.134. The molecule has 0 aliphatic carbocycles. The first-order valence-corrected chi connectivity index (χ1v) is 5.52. The minimum atomic E-state index is 0.134. The molecule has 4 nitrogen and oxygen atoms in total. The maximum Gasteiger partial charge on any atom is 0.219 e. The van der Waals surface area contributed by atoms with Crippen LogP contribution in [0.1, 0.15) is 18.9 Å². The lowest BCUT2D eigenvalue weighted by atomic mass is 10.3. The summed E-state index contributed by atoms with van der Waals surface area (Å²) in [6.07, 6.45) is 4.63. The summed E-state index contributed by atoms with van der Waals surface area (Å²) in [6.45, 7) is 3.74. The van der Waals surface area contributed by atoms with Gasteiger partial charge in [-0.2, -0.15) is 0 Å². The van der Waals surface area contributed by atoms with Crippen molar-refractivity contribution in [3.8, 4) is 0 Å². The molecular weight excluding hydrogens is 204 g/mol. The number of hydrogen-bond donors (Lipinski definition) is 0. The van der Waals surface area contributed by atoms with Crippen LogP contribution >= 0.6 is 0 Å². The summed E-state index contributed by atoms with van der Waals surface area (Å²) in [7, 11) is 0. The van der Waals surface area contributed by atoms with Gasteiger partial charge in [0.1, 0.15) is 0 Å². The monoisotopic (exact) mass is 220 g/mol. The van der Waals surface area contributed by atoms with Crippen LogP contribution in [0.5, 0.6) is 0 Å². The number of amides is 1. The third-order valence-electron chi connectivity index (χ3n) is 2.83. The Morgan fingerprint density at radius 2 is 2.31 bits per heavy atom. The summed E-state index contributed by atoms with van der Waals surface area (Å²) in [6, 6.07) is 3.88. The highest BCUT2D eigenvalue weighted by Gasteiger charge is 2.24. The minimum Gasteiger partial charge on any atom is -0.372 e. The van der Waals surface area contributed by atoms with E-state index in [2.05, 4.69) is 4.98 Å². The molecule has 86 valence electrons. The van der Waals surface area contributed by atoms with Gasteiger partial charge in [0, 0.05) is 32.4 Å². The molecule has 2 rings (SSSR count). The van der Waals surface area contributed by atoms with Crippen LogP contribution in [-0.4, -0.2) is 35.0 Å². The van der Waals surface area contributed by atoms with E-state index >= 15 is 0 Å². The van der Waals surface area contributed by atoms with Gasteiger partial charge < -0.3 is 9.64 Å². The van der Waals surface area contributed by atoms with Crippen molar-refractivity contribution >= 4 is 5.91 Å². The maximum absolute atomic E-state index is 11.1. The predicted octanol–water partition coefficient (Wildman–Crippen LogP) is 1.22. The van der Waals surface area contributed by atoms with Gasteiger partial charge in [-0.15, -0.1) is 0 Å². The van der Waals surface area contributed by atoms with Gasteiger partial charge in [0.05, 0.1) is 12.7 Å². The van der Waals surface area contributed by atoms with Crippen LogP contribution in [0.15, 0.2) is 24.5 Å². The van der Waals surface area contributed by atoms with E-state index in [4.69, 9.17) is 4.74 Å². The molecule has 1 aromatic heterocycles. The molecule has 1 saturated heterocycles. The zero-order valence-corrected chi connectivity index (χ0v) is 9.43. The van der Waals surface area contributed by atoms with Crippen molar-refractivity contribution in [1.29, 1.82) is 0 Å². The fourth-order valence-electron chi connectivity index (χ4n) is 1.84. The maximum atomic E-state index is 11.1. The van der Waals surface area contributed by atoms with E-state index in [1.807, 2.05) is 17.0 Å². The van der Waals surface area contributed by atoms with Gasteiger partial charge in [-0.3, -0.25) is 9.78 Å². The van der Waals surface area contributed by atoms with Crippen LogP contribution in [0.3, 0.4) is 0 Å². The Bertz CT molecular complexity index is 353. The molecule has 0 bridgehead atoms. The van der Waals surface area contributed by atoms with Crippen molar-refractivity contribution < 1.29 is 9.53 Å². The number of likely N-dealkylation sites (tertiary alicyclic amines) is 1. The smallest absolute Gasteiger partial charge is 0.219 e. The van der Waals surface area contributed by atoms with Crippen LogP contribution in [0, 0.1) is 0 Å². The normalized spacial score (nSPS) is 20.1. The van der Waals surface area contributed by atoms with Gasteiger partial charge in [0.2, 0.25) is 5.91 Å². The van der Waals surface area contributed by atoms with E-state index in [0.29, 0.717) is 6.61 Å². The number of carbonyl (C=O) groups is 1. The highest BCUT2D eigenvalue weighted by Crippen LogP contribution is 2.14. The van der Waals surface area contributed by atoms with Crippen molar-refractivity contribution in [3.05, 3.63) is 30.1 Å². The standard InChI is InChI=1S/C12H16N2O2/c1-10(15)14-7-4-12(8-14)16-9-11-2-5-13-6-3-11/h2-3,5-6,12H,4,7-9H2,1H3/t12-/m1/s1. The molecule has 0 unspecified atom stereocenters. The first-order chi connectivity index (χ1) is 7.75. The van der Waals surface area contributed by atoms with Gasteiger partial charge >= 0.3 is 0 Å². The second-order valence-electron chi connectivity index (χ2n) is 4.04. The molecule has 1 aliphatic rings. The minimum absolute atomic E-state index is 0.134. The summed E-state index contributed by atoms with van der Waals surface area (Å²) in [4.78, 5) is 16.9. The predicted molar refractivity (Wildman–Crippen MR) is 59.7 cm³/mol. The summed E-state index contributed by atoms with van der Waals surface area (Å²) in [5, 5.41) is 0. The number of ether oxygens (including phenoxy) is 1. The highest BCUT2D eigenvalue weighted by molar-refractivity contribution is 5.73. The van der Waals surface area contributed by atoms with E-state index in [1.165, 1.54) is 0 Å². The summed E-state index contributed by atoms with van der Waals surface area (Å²) >= 11 is 0. The van der Waals surface area contributed by atoms with Crippen molar-refractivity contribution in [3.63, 3.8) is 0 Å². The van der Waals surface area contributed by atoms with Crippen LogP contribution < -0.4 is 0 Å². The van der Waals surface area contributed by atoms with E-state index in [1.54, 1.807) is 19.3 Å². The third kappa shape index (κ3) is 2.79. The molecule has 16 heavy (non-hydrogen) atoms. The molecule has 1 atom stereocenters. The Morgan fingerprint density at radius 1 is 1.56 bits per heavy atom. The first-order valence-electron chi connectivity index (χ1n) is 5.52. The van der Waals surface area contributed by atoms with E-state index in [9.17, 15) is 4.79 Å². The SMILES string of the molecule is CC(=O)N1CC[C@@H](OCc2ccncc2)C1. The first kappa shape index (κ1) is 11.1. The zero-order chi connectivity index (χ0) is 11.4. The molecule has 1 aromatic rings. The molecule has 4 heteroatoms. The lowest BCUT2D eigenvalue weighted by Crippen LogP contribution is -2.27. The van der Waals surface area contributed by atoms with Crippen molar-refractivity contribution in [2.24, 2.45) is 0 Å². The fraction of sp³-hybridized carbons (Fsp3) is 0.500. The summed E-state index contributed by atoms with van der Waals surface area (Å²) < 4.78 is 5.75. The third-order valence-corrected chi connectivity index (χ3v) is 2.83. The Balaban J connectivity index is 1.78. The van der Waals surface area contributed by atoms with E-state index in [-0.39, 0.29) is 12.0 Å². The Kier molecular flexibility index (Phi) is 3.51. The Hall–Kier alpha value is -1.42. The van der Waals surface area contributed by atoms with Crippen LogP contribution in [0.2, 0.25) is 0 Å². The largest absolute Gasteiger partial charge is 0.372 e. The van der Waals surface area contributed by atoms with Gasteiger partial charge in [0.25, 0.3) is 0 Å². The molecule has 0 saturated carbocycles. The van der Waals surface area contributed by atoms with Crippen molar-refractivity contribution in [2.45, 2.75) is 26.1 Å². The van der Waals surface area contributed by atoms with Gasteiger partial charge in [-0.25, -0.2) is 0 Å². The lowest BCUT2D eigenvalue weighted by molar-refractivity contribution is -0.128.